The fourth-order valence-electron chi connectivity index (χ4n) is 4.00. The quantitative estimate of drug-likeness (QED) is 0.665. The topological polar surface area (TPSA) is 84.8 Å². The minimum absolute atomic E-state index is 0.0370. The van der Waals surface area contributed by atoms with Gasteiger partial charge in [-0.15, -0.1) is 11.3 Å². The fraction of sp³-hybridized carbons (Fsp3) is 0.409. The summed E-state index contributed by atoms with van der Waals surface area (Å²) in [4.78, 5) is 25.6. The lowest BCUT2D eigenvalue weighted by Gasteiger charge is -2.32. The van der Waals surface area contributed by atoms with Crippen molar-refractivity contribution in [2.45, 2.75) is 32.3 Å². The zero-order chi connectivity index (χ0) is 21.3. The lowest BCUT2D eigenvalue weighted by atomic mass is 9.89. The first kappa shape index (κ1) is 20.6. The number of aromatic nitrogens is 2. The minimum Gasteiger partial charge on any atom is -0.508 e. The van der Waals surface area contributed by atoms with Gasteiger partial charge in [0.05, 0.1) is 17.4 Å². The molecule has 0 atom stereocenters. The molecule has 2 aromatic heterocycles. The molecule has 1 N–H and O–H groups in total. The van der Waals surface area contributed by atoms with E-state index in [1.165, 1.54) is 16.9 Å². The van der Waals surface area contributed by atoms with E-state index in [1.54, 1.807) is 26.4 Å². The molecule has 0 spiro atoms. The van der Waals surface area contributed by atoms with Gasteiger partial charge in [-0.2, -0.15) is 4.98 Å². The number of ether oxygens (including phenoxy) is 2. The molecule has 3 heterocycles. The highest BCUT2D eigenvalue weighted by Crippen LogP contribution is 2.37. The number of piperidine rings is 1. The van der Waals surface area contributed by atoms with Crippen LogP contribution in [0.3, 0.4) is 0 Å². The summed E-state index contributed by atoms with van der Waals surface area (Å²) in [6.07, 6.45) is 1.81. The number of amides is 1. The maximum atomic E-state index is 13.3. The molecule has 1 aliphatic heterocycles. The Balaban J connectivity index is 1.55. The Morgan fingerprint density at radius 2 is 1.90 bits per heavy atom. The molecule has 1 saturated heterocycles. The second-order valence-electron chi connectivity index (χ2n) is 7.48. The Bertz CT molecular complexity index is 1060. The highest BCUT2D eigenvalue weighted by atomic mass is 32.1. The average molecular weight is 428 g/mol. The summed E-state index contributed by atoms with van der Waals surface area (Å²) in [6, 6.07) is 7.38. The van der Waals surface area contributed by atoms with Gasteiger partial charge in [-0.25, -0.2) is 4.98 Å². The van der Waals surface area contributed by atoms with Crippen molar-refractivity contribution in [3.63, 3.8) is 0 Å². The van der Waals surface area contributed by atoms with Gasteiger partial charge in [0, 0.05) is 20.2 Å². The summed E-state index contributed by atoms with van der Waals surface area (Å²) in [6.45, 7) is 3.63. The number of phenols is 1. The van der Waals surface area contributed by atoms with E-state index in [-0.39, 0.29) is 18.3 Å². The van der Waals surface area contributed by atoms with Crippen molar-refractivity contribution < 1.29 is 19.4 Å². The number of aromatic hydroxyl groups is 1. The van der Waals surface area contributed by atoms with E-state index >= 15 is 0 Å². The van der Waals surface area contributed by atoms with Crippen LogP contribution in [-0.2, 0) is 11.3 Å². The largest absolute Gasteiger partial charge is 0.508 e. The van der Waals surface area contributed by atoms with Crippen LogP contribution in [0.15, 0.2) is 24.3 Å². The molecule has 0 radical (unpaired) electrons. The van der Waals surface area contributed by atoms with Gasteiger partial charge in [0.1, 0.15) is 17.2 Å². The maximum absolute atomic E-state index is 13.3. The molecule has 0 aliphatic carbocycles. The summed E-state index contributed by atoms with van der Waals surface area (Å²) in [5, 5.41) is 10.3. The van der Waals surface area contributed by atoms with Gasteiger partial charge in [-0.05, 0) is 48.9 Å². The molecule has 8 heteroatoms. The van der Waals surface area contributed by atoms with Crippen LogP contribution in [0.5, 0.6) is 11.6 Å². The number of nitrogens with zero attached hydrogens (tertiary/aromatic N) is 3. The average Bonchev–Trinajstić information content (AvgIpc) is 3.10. The lowest BCUT2D eigenvalue weighted by molar-refractivity contribution is 0.0717. The Kier molecular flexibility index (Phi) is 5.87. The summed E-state index contributed by atoms with van der Waals surface area (Å²) in [7, 11) is 3.17. The number of rotatable bonds is 5. The highest BCUT2D eigenvalue weighted by molar-refractivity contribution is 7.20. The molecule has 0 bridgehead atoms. The van der Waals surface area contributed by atoms with Gasteiger partial charge in [0.15, 0.2) is 5.82 Å². The van der Waals surface area contributed by atoms with Crippen molar-refractivity contribution in [3.05, 3.63) is 46.1 Å². The van der Waals surface area contributed by atoms with E-state index in [2.05, 4.69) is 9.97 Å². The predicted molar refractivity (Wildman–Crippen MR) is 115 cm³/mol. The number of likely N-dealkylation sites (tertiary alicyclic amines) is 1. The SMILES string of the molecule is COCc1nc(OC)c2c(C)c(C(=O)N3CCC(c4ccc(O)cc4)CC3)sc2n1. The van der Waals surface area contributed by atoms with E-state index in [1.807, 2.05) is 24.0 Å². The molecule has 1 amide bonds. The lowest BCUT2D eigenvalue weighted by Crippen LogP contribution is -2.37. The number of fused-ring (bicyclic) bond motifs is 1. The van der Waals surface area contributed by atoms with Crippen LogP contribution < -0.4 is 4.74 Å². The molecule has 30 heavy (non-hydrogen) atoms. The molecule has 1 aliphatic rings. The minimum atomic E-state index is 0.0370. The first-order valence-electron chi connectivity index (χ1n) is 9.93. The molecule has 0 unspecified atom stereocenters. The highest BCUT2D eigenvalue weighted by Gasteiger charge is 2.28. The molecular weight excluding hydrogens is 402 g/mol. The van der Waals surface area contributed by atoms with Crippen molar-refractivity contribution in [2.24, 2.45) is 0 Å². The third kappa shape index (κ3) is 3.85. The second-order valence-corrected chi connectivity index (χ2v) is 8.48. The van der Waals surface area contributed by atoms with Crippen molar-refractivity contribution >= 4 is 27.5 Å². The third-order valence-electron chi connectivity index (χ3n) is 5.61. The molecule has 7 nitrogen and oxygen atoms in total. The number of hydrogen-bond acceptors (Lipinski definition) is 7. The fourth-order valence-corrected chi connectivity index (χ4v) is 5.15. The standard InChI is InChI=1S/C22H25N3O4S/c1-13-18-20(29-3)23-17(12-28-2)24-21(18)30-19(13)22(27)25-10-8-15(9-11-25)14-4-6-16(26)7-5-14/h4-7,15,26H,8-12H2,1-3H3. The Morgan fingerprint density at radius 3 is 2.53 bits per heavy atom. The van der Waals surface area contributed by atoms with Crippen LogP contribution in [0.1, 0.15) is 45.4 Å². The Labute approximate surface area is 179 Å². The summed E-state index contributed by atoms with van der Waals surface area (Å²) >= 11 is 1.39. The molecule has 0 saturated carbocycles. The monoisotopic (exact) mass is 427 g/mol. The van der Waals surface area contributed by atoms with Crippen LogP contribution in [0.2, 0.25) is 0 Å². The van der Waals surface area contributed by atoms with Crippen LogP contribution in [0.25, 0.3) is 10.2 Å². The third-order valence-corrected chi connectivity index (χ3v) is 6.78. The van der Waals surface area contributed by atoms with Gasteiger partial charge in [-0.1, -0.05) is 12.1 Å². The van der Waals surface area contributed by atoms with Crippen molar-refractivity contribution in [1.82, 2.24) is 14.9 Å². The van der Waals surface area contributed by atoms with E-state index in [0.29, 0.717) is 35.6 Å². The number of benzene rings is 1. The Hall–Kier alpha value is -2.71. The van der Waals surface area contributed by atoms with Crippen molar-refractivity contribution in [3.8, 4) is 11.6 Å². The first-order valence-corrected chi connectivity index (χ1v) is 10.7. The van der Waals surface area contributed by atoms with Crippen molar-refractivity contribution in [1.29, 1.82) is 0 Å². The predicted octanol–water partition coefficient (Wildman–Crippen LogP) is 3.88. The van der Waals surface area contributed by atoms with Gasteiger partial charge < -0.3 is 19.5 Å². The van der Waals surface area contributed by atoms with Crippen LogP contribution >= 0.6 is 11.3 Å². The van der Waals surface area contributed by atoms with Gasteiger partial charge in [0.2, 0.25) is 5.88 Å². The molecule has 3 aromatic rings. The molecular formula is C22H25N3O4S. The number of carbonyl (C=O) groups excluding carboxylic acids is 1. The number of carbonyl (C=O) groups is 1. The number of thiophene rings is 1. The summed E-state index contributed by atoms with van der Waals surface area (Å²) in [5.41, 5.74) is 2.07. The zero-order valence-electron chi connectivity index (χ0n) is 17.3. The molecule has 1 fully saturated rings. The zero-order valence-corrected chi connectivity index (χ0v) is 18.2. The number of phenolic OH excluding ortho intramolecular Hbond substituents is 1. The van der Waals surface area contributed by atoms with E-state index in [9.17, 15) is 9.90 Å². The molecule has 158 valence electrons. The maximum Gasteiger partial charge on any atom is 0.264 e. The normalized spacial score (nSPS) is 15.0. The summed E-state index contributed by atoms with van der Waals surface area (Å²) < 4.78 is 10.6. The van der Waals surface area contributed by atoms with E-state index in [0.717, 1.165) is 28.6 Å². The van der Waals surface area contributed by atoms with Crippen LogP contribution in [-0.4, -0.2) is 53.2 Å². The van der Waals surface area contributed by atoms with Crippen LogP contribution in [0, 0.1) is 6.92 Å². The summed E-state index contributed by atoms with van der Waals surface area (Å²) in [5.74, 6) is 1.73. The van der Waals surface area contributed by atoms with Gasteiger partial charge in [-0.3, -0.25) is 4.79 Å². The second kappa shape index (κ2) is 8.57. The first-order chi connectivity index (χ1) is 14.5. The number of hydrogen-bond donors (Lipinski definition) is 1. The Morgan fingerprint density at radius 1 is 1.20 bits per heavy atom. The van der Waals surface area contributed by atoms with E-state index in [4.69, 9.17) is 9.47 Å². The molecule has 4 rings (SSSR count). The van der Waals surface area contributed by atoms with E-state index < -0.39 is 0 Å². The van der Waals surface area contributed by atoms with Crippen LogP contribution in [0.4, 0.5) is 0 Å². The smallest absolute Gasteiger partial charge is 0.264 e. The van der Waals surface area contributed by atoms with Crippen molar-refractivity contribution in [2.75, 3.05) is 27.3 Å². The molecule has 1 aromatic carbocycles. The number of methoxy groups -OCH3 is 2. The van der Waals surface area contributed by atoms with Gasteiger partial charge in [0.25, 0.3) is 5.91 Å². The van der Waals surface area contributed by atoms with Gasteiger partial charge >= 0.3 is 0 Å². The number of aryl methyl sites for hydroxylation is 1.